The highest BCUT2D eigenvalue weighted by molar-refractivity contribution is 7.99. The summed E-state index contributed by atoms with van der Waals surface area (Å²) in [4.78, 5) is 16.8. The molecule has 0 spiro atoms. The fourth-order valence-electron chi connectivity index (χ4n) is 2.52. The van der Waals surface area contributed by atoms with Crippen LogP contribution in [0.2, 0.25) is 0 Å². The van der Waals surface area contributed by atoms with Crippen molar-refractivity contribution in [1.29, 1.82) is 0 Å². The molecule has 3 rings (SSSR count). The van der Waals surface area contributed by atoms with Crippen molar-refractivity contribution in [2.45, 2.75) is 19.4 Å². The van der Waals surface area contributed by atoms with Crippen molar-refractivity contribution >= 4 is 34.3 Å². The number of pyridine rings is 1. The molecule has 1 fully saturated rings. The number of thioether (sulfide) groups is 1. The molecule has 21 heavy (non-hydrogen) atoms. The van der Waals surface area contributed by atoms with Crippen molar-refractivity contribution in [1.82, 2.24) is 10.3 Å². The van der Waals surface area contributed by atoms with Crippen molar-refractivity contribution in [3.05, 3.63) is 36.0 Å². The minimum Gasteiger partial charge on any atom is -0.324 e. The predicted octanol–water partition coefficient (Wildman–Crippen LogP) is 2.58. The lowest BCUT2D eigenvalue weighted by Crippen LogP contribution is -2.39. The molecule has 4 nitrogen and oxygen atoms in total. The minimum atomic E-state index is 0.0470. The molecule has 2 aromatic rings. The van der Waals surface area contributed by atoms with E-state index in [1.165, 1.54) is 0 Å². The summed E-state index contributed by atoms with van der Waals surface area (Å²) in [6, 6.07) is 10.2. The van der Waals surface area contributed by atoms with Crippen LogP contribution in [0.4, 0.5) is 5.69 Å². The first-order valence-electron chi connectivity index (χ1n) is 7.20. The van der Waals surface area contributed by atoms with E-state index < -0.39 is 0 Å². The molecule has 1 aromatic heterocycles. The molecule has 2 N–H and O–H groups in total. The van der Waals surface area contributed by atoms with Gasteiger partial charge in [-0.3, -0.25) is 9.78 Å². The van der Waals surface area contributed by atoms with Crippen LogP contribution in [0.1, 0.15) is 12.1 Å². The van der Waals surface area contributed by atoms with Crippen LogP contribution in [0.25, 0.3) is 10.9 Å². The second-order valence-electron chi connectivity index (χ2n) is 5.31. The summed E-state index contributed by atoms with van der Waals surface area (Å²) < 4.78 is 0. The number of hydrogen-bond donors (Lipinski definition) is 2. The van der Waals surface area contributed by atoms with Gasteiger partial charge in [-0.25, -0.2) is 0 Å². The van der Waals surface area contributed by atoms with Gasteiger partial charge in [-0.2, -0.15) is 11.8 Å². The third-order valence-corrected chi connectivity index (χ3v) is 4.69. The molecule has 1 aliphatic heterocycles. The van der Waals surface area contributed by atoms with Crippen molar-refractivity contribution in [2.75, 3.05) is 23.4 Å². The molecule has 0 radical (unpaired) electrons. The molecule has 1 aliphatic rings. The molecule has 110 valence electrons. The summed E-state index contributed by atoms with van der Waals surface area (Å²) in [5.41, 5.74) is 2.61. The van der Waals surface area contributed by atoms with Crippen LogP contribution < -0.4 is 10.6 Å². The maximum atomic E-state index is 12.2. The maximum Gasteiger partial charge on any atom is 0.226 e. The van der Waals surface area contributed by atoms with Crippen LogP contribution in [0.3, 0.4) is 0 Å². The van der Waals surface area contributed by atoms with Crippen molar-refractivity contribution in [2.24, 2.45) is 0 Å². The Morgan fingerprint density at radius 2 is 2.33 bits per heavy atom. The van der Waals surface area contributed by atoms with Crippen molar-refractivity contribution in [3.63, 3.8) is 0 Å². The molecular formula is C16H19N3OS. The Bertz CT molecular complexity index is 653. The van der Waals surface area contributed by atoms with E-state index in [1.54, 1.807) is 0 Å². The molecule has 1 unspecified atom stereocenters. The summed E-state index contributed by atoms with van der Waals surface area (Å²) >= 11 is 1.90. The van der Waals surface area contributed by atoms with Crippen LogP contribution in [-0.4, -0.2) is 35.0 Å². The number of carbonyl (C=O) groups is 1. The number of nitrogens with one attached hydrogen (secondary N) is 2. The highest BCUT2D eigenvalue weighted by Crippen LogP contribution is 2.22. The van der Waals surface area contributed by atoms with E-state index >= 15 is 0 Å². The van der Waals surface area contributed by atoms with E-state index in [0.717, 1.165) is 40.3 Å². The quantitative estimate of drug-likeness (QED) is 0.915. The van der Waals surface area contributed by atoms with E-state index in [1.807, 2.05) is 49.0 Å². The third kappa shape index (κ3) is 3.54. The van der Waals surface area contributed by atoms with Gasteiger partial charge in [-0.05, 0) is 19.1 Å². The van der Waals surface area contributed by atoms with Crippen molar-refractivity contribution in [3.8, 4) is 0 Å². The van der Waals surface area contributed by atoms with Gasteiger partial charge in [0, 0.05) is 41.6 Å². The van der Waals surface area contributed by atoms with Crippen LogP contribution in [0, 0.1) is 6.92 Å². The summed E-state index contributed by atoms with van der Waals surface area (Å²) in [5, 5.41) is 7.44. The Hall–Kier alpha value is -1.59. The number of amides is 1. The number of carbonyl (C=O) groups excluding carboxylic acids is 1. The summed E-state index contributed by atoms with van der Waals surface area (Å²) in [6.45, 7) is 2.94. The van der Waals surface area contributed by atoms with Gasteiger partial charge in [0.15, 0.2) is 0 Å². The Morgan fingerprint density at radius 1 is 1.43 bits per heavy atom. The Labute approximate surface area is 128 Å². The molecule has 5 heteroatoms. The van der Waals surface area contributed by atoms with Gasteiger partial charge < -0.3 is 10.6 Å². The molecule has 1 saturated heterocycles. The maximum absolute atomic E-state index is 12.2. The number of nitrogens with zero attached hydrogens (tertiary/aromatic N) is 1. The number of benzene rings is 1. The molecule has 1 amide bonds. The standard InChI is InChI=1S/C16H19N3OS/c1-11-5-6-12-3-2-4-14(16(12)18-11)19-15(20)9-13-10-21-8-7-17-13/h2-6,13,17H,7-10H2,1H3,(H,19,20). The van der Waals surface area contributed by atoms with E-state index in [4.69, 9.17) is 0 Å². The zero-order chi connectivity index (χ0) is 14.7. The molecule has 1 aromatic carbocycles. The number of anilines is 1. The fraction of sp³-hybridized carbons (Fsp3) is 0.375. The number of rotatable bonds is 3. The molecule has 1 atom stereocenters. The summed E-state index contributed by atoms with van der Waals surface area (Å²) in [5.74, 6) is 2.18. The van der Waals surface area contributed by atoms with Gasteiger partial charge in [-0.1, -0.05) is 18.2 Å². The first kappa shape index (κ1) is 14.4. The lowest BCUT2D eigenvalue weighted by molar-refractivity contribution is -0.116. The van der Waals surface area contributed by atoms with Gasteiger partial charge in [0.25, 0.3) is 0 Å². The second-order valence-corrected chi connectivity index (χ2v) is 6.46. The Morgan fingerprint density at radius 3 is 3.14 bits per heavy atom. The van der Waals surface area contributed by atoms with Crippen LogP contribution in [0.5, 0.6) is 0 Å². The average Bonchev–Trinajstić information content (AvgIpc) is 2.49. The topological polar surface area (TPSA) is 54.0 Å². The second kappa shape index (κ2) is 6.45. The predicted molar refractivity (Wildman–Crippen MR) is 88.8 cm³/mol. The normalized spacial score (nSPS) is 18.6. The average molecular weight is 301 g/mol. The number of fused-ring (bicyclic) bond motifs is 1. The zero-order valence-electron chi connectivity index (χ0n) is 12.1. The Kier molecular flexibility index (Phi) is 4.41. The first-order valence-corrected chi connectivity index (χ1v) is 8.35. The highest BCUT2D eigenvalue weighted by atomic mass is 32.2. The van der Waals surface area contributed by atoms with Crippen LogP contribution >= 0.6 is 11.8 Å². The van der Waals surface area contributed by atoms with Crippen molar-refractivity contribution < 1.29 is 4.79 Å². The molecular weight excluding hydrogens is 282 g/mol. The van der Waals surface area contributed by atoms with E-state index in [-0.39, 0.29) is 11.9 Å². The summed E-state index contributed by atoms with van der Waals surface area (Å²) in [6.07, 6.45) is 0.509. The van der Waals surface area contributed by atoms with Crippen LogP contribution in [0.15, 0.2) is 30.3 Å². The van der Waals surface area contributed by atoms with Gasteiger partial charge in [-0.15, -0.1) is 0 Å². The number of hydrogen-bond acceptors (Lipinski definition) is 4. The fourth-order valence-corrected chi connectivity index (χ4v) is 3.47. The smallest absolute Gasteiger partial charge is 0.226 e. The lowest BCUT2D eigenvalue weighted by Gasteiger charge is -2.22. The zero-order valence-corrected chi connectivity index (χ0v) is 12.9. The SMILES string of the molecule is Cc1ccc2cccc(NC(=O)CC3CSCCN3)c2n1. The minimum absolute atomic E-state index is 0.0470. The highest BCUT2D eigenvalue weighted by Gasteiger charge is 2.17. The lowest BCUT2D eigenvalue weighted by atomic mass is 10.1. The molecule has 2 heterocycles. The number of aryl methyl sites for hydroxylation is 1. The number of aromatic nitrogens is 1. The van der Waals surface area contributed by atoms with E-state index in [0.29, 0.717) is 6.42 Å². The molecule has 0 bridgehead atoms. The third-order valence-electron chi connectivity index (χ3n) is 3.56. The van der Waals surface area contributed by atoms with Gasteiger partial charge in [0.2, 0.25) is 5.91 Å². The summed E-state index contributed by atoms with van der Waals surface area (Å²) in [7, 11) is 0. The van der Waals surface area contributed by atoms with E-state index in [2.05, 4.69) is 15.6 Å². The van der Waals surface area contributed by atoms with Gasteiger partial charge in [0.1, 0.15) is 0 Å². The molecule has 0 saturated carbocycles. The van der Waals surface area contributed by atoms with Gasteiger partial charge >= 0.3 is 0 Å². The van der Waals surface area contributed by atoms with Crippen LogP contribution in [-0.2, 0) is 4.79 Å². The largest absolute Gasteiger partial charge is 0.324 e. The van der Waals surface area contributed by atoms with E-state index in [9.17, 15) is 4.79 Å². The monoisotopic (exact) mass is 301 g/mol. The number of para-hydroxylation sites is 1. The molecule has 0 aliphatic carbocycles. The van der Waals surface area contributed by atoms with Gasteiger partial charge in [0.05, 0.1) is 11.2 Å². The first-order chi connectivity index (χ1) is 10.2. The Balaban J connectivity index is 1.74.